The first kappa shape index (κ1) is 24.9. The molecular formula is C27H26ClN5O3. The summed E-state index contributed by atoms with van der Waals surface area (Å²) in [5.41, 5.74) is 9.48. The Kier molecular flexibility index (Phi) is 6.32. The van der Waals surface area contributed by atoms with Crippen molar-refractivity contribution in [2.45, 2.75) is 26.2 Å². The van der Waals surface area contributed by atoms with Crippen LogP contribution in [0.25, 0.3) is 22.2 Å². The Morgan fingerprint density at radius 3 is 2.58 bits per heavy atom. The molecule has 0 saturated heterocycles. The number of H-pyrrole nitrogens is 1. The largest absolute Gasteiger partial charge is 0.366 e. The highest BCUT2D eigenvalue weighted by Crippen LogP contribution is 2.44. The lowest BCUT2D eigenvalue weighted by molar-refractivity contribution is -0.122. The van der Waals surface area contributed by atoms with Crippen molar-refractivity contribution in [3.05, 3.63) is 77.6 Å². The van der Waals surface area contributed by atoms with E-state index in [-0.39, 0.29) is 23.9 Å². The average Bonchev–Trinajstić information content (AvgIpc) is 3.38. The Morgan fingerprint density at radius 2 is 1.86 bits per heavy atom. The van der Waals surface area contributed by atoms with Crippen LogP contribution in [0.3, 0.4) is 0 Å². The molecular weight excluding hydrogens is 478 g/mol. The van der Waals surface area contributed by atoms with E-state index in [4.69, 9.17) is 5.73 Å². The lowest BCUT2D eigenvalue weighted by Crippen LogP contribution is -2.35. The van der Waals surface area contributed by atoms with E-state index in [2.05, 4.69) is 15.3 Å². The van der Waals surface area contributed by atoms with E-state index in [9.17, 15) is 14.4 Å². The van der Waals surface area contributed by atoms with Gasteiger partial charge in [-0.2, -0.15) is 0 Å². The Balaban J connectivity index is 0.00000304. The molecule has 0 fully saturated rings. The maximum Gasteiger partial charge on any atom is 0.256 e. The minimum absolute atomic E-state index is 0. The molecule has 4 N–H and O–H groups in total. The molecule has 184 valence electrons. The van der Waals surface area contributed by atoms with Crippen molar-refractivity contribution in [3.63, 3.8) is 0 Å². The number of rotatable bonds is 5. The summed E-state index contributed by atoms with van der Waals surface area (Å²) >= 11 is 0. The Labute approximate surface area is 214 Å². The molecule has 36 heavy (non-hydrogen) atoms. The molecule has 0 aliphatic carbocycles. The molecule has 2 aromatic carbocycles. The average molecular weight is 504 g/mol. The van der Waals surface area contributed by atoms with Crippen molar-refractivity contribution >= 4 is 52.5 Å². The van der Waals surface area contributed by atoms with Crippen LogP contribution in [-0.4, -0.2) is 34.2 Å². The number of pyridine rings is 1. The first-order chi connectivity index (χ1) is 16.7. The van der Waals surface area contributed by atoms with E-state index in [1.807, 2.05) is 51.1 Å². The fraction of sp³-hybridized carbons (Fsp3) is 0.185. The second-order valence-electron chi connectivity index (χ2n) is 9.09. The molecule has 0 spiro atoms. The van der Waals surface area contributed by atoms with E-state index in [1.165, 1.54) is 0 Å². The fourth-order valence-corrected chi connectivity index (χ4v) is 4.77. The van der Waals surface area contributed by atoms with Gasteiger partial charge in [0, 0.05) is 40.5 Å². The molecule has 0 radical (unpaired) electrons. The zero-order valence-electron chi connectivity index (χ0n) is 20.1. The molecule has 1 aliphatic heterocycles. The van der Waals surface area contributed by atoms with E-state index in [0.29, 0.717) is 28.9 Å². The number of hydrogen-bond donors (Lipinski definition) is 3. The SMILES string of the molecule is CCN1C(=O)C(C)(C)c2cc(-c3c(C(N)=O)cccc3C(=O)Nc3cnc4[nH]ccc4c3)ccc21.Cl. The topological polar surface area (TPSA) is 121 Å². The van der Waals surface area contributed by atoms with Gasteiger partial charge in [-0.3, -0.25) is 14.4 Å². The van der Waals surface area contributed by atoms with Gasteiger partial charge in [-0.05, 0) is 68.3 Å². The van der Waals surface area contributed by atoms with Crippen molar-refractivity contribution in [2.24, 2.45) is 5.73 Å². The predicted octanol–water partition coefficient (Wildman–Crippen LogP) is 4.65. The number of likely N-dealkylation sites (N-methyl/N-ethyl adjacent to an activating group) is 1. The van der Waals surface area contributed by atoms with Crippen LogP contribution >= 0.6 is 12.4 Å². The number of nitrogens with zero attached hydrogens (tertiary/aromatic N) is 2. The smallest absolute Gasteiger partial charge is 0.256 e. The first-order valence-electron chi connectivity index (χ1n) is 11.4. The van der Waals surface area contributed by atoms with Crippen LogP contribution in [-0.2, 0) is 10.2 Å². The number of nitrogens with two attached hydrogens (primary N) is 1. The van der Waals surface area contributed by atoms with Crippen LogP contribution < -0.4 is 16.0 Å². The Bertz CT molecular complexity index is 1530. The van der Waals surface area contributed by atoms with E-state index in [0.717, 1.165) is 22.3 Å². The number of hydrogen-bond acceptors (Lipinski definition) is 4. The normalized spacial score (nSPS) is 13.9. The number of halogens is 1. The molecule has 8 nitrogen and oxygen atoms in total. The minimum Gasteiger partial charge on any atom is -0.366 e. The number of carbonyl (C=O) groups is 3. The molecule has 0 bridgehead atoms. The van der Waals surface area contributed by atoms with E-state index < -0.39 is 17.2 Å². The summed E-state index contributed by atoms with van der Waals surface area (Å²) in [5, 5.41) is 3.74. The monoisotopic (exact) mass is 503 g/mol. The third-order valence-electron chi connectivity index (χ3n) is 6.58. The molecule has 2 aromatic heterocycles. The number of primary amides is 1. The van der Waals surface area contributed by atoms with Crippen LogP contribution in [0.15, 0.2) is 60.9 Å². The van der Waals surface area contributed by atoms with Gasteiger partial charge < -0.3 is 20.9 Å². The molecule has 1 aliphatic rings. The summed E-state index contributed by atoms with van der Waals surface area (Å²) in [4.78, 5) is 47.8. The van der Waals surface area contributed by atoms with Crippen molar-refractivity contribution in [3.8, 4) is 11.1 Å². The van der Waals surface area contributed by atoms with E-state index in [1.54, 1.807) is 35.5 Å². The zero-order valence-corrected chi connectivity index (χ0v) is 20.9. The van der Waals surface area contributed by atoms with Gasteiger partial charge in [0.25, 0.3) is 5.91 Å². The summed E-state index contributed by atoms with van der Waals surface area (Å²) < 4.78 is 0. The number of fused-ring (bicyclic) bond motifs is 2. The van der Waals surface area contributed by atoms with Crippen LogP contribution in [0.4, 0.5) is 11.4 Å². The molecule has 5 rings (SSSR count). The Hall–Kier alpha value is -4.17. The summed E-state index contributed by atoms with van der Waals surface area (Å²) in [7, 11) is 0. The van der Waals surface area contributed by atoms with Gasteiger partial charge in [0.1, 0.15) is 5.65 Å². The van der Waals surface area contributed by atoms with Crippen molar-refractivity contribution < 1.29 is 14.4 Å². The zero-order chi connectivity index (χ0) is 24.9. The first-order valence-corrected chi connectivity index (χ1v) is 11.4. The summed E-state index contributed by atoms with van der Waals surface area (Å²) in [6.07, 6.45) is 3.34. The van der Waals surface area contributed by atoms with Gasteiger partial charge >= 0.3 is 0 Å². The summed E-state index contributed by atoms with van der Waals surface area (Å²) in [6.45, 7) is 6.25. The third kappa shape index (κ3) is 3.89. The summed E-state index contributed by atoms with van der Waals surface area (Å²) in [5.74, 6) is -1.03. The van der Waals surface area contributed by atoms with Gasteiger partial charge in [-0.1, -0.05) is 12.1 Å². The molecule has 3 amide bonds. The third-order valence-corrected chi connectivity index (χ3v) is 6.58. The van der Waals surface area contributed by atoms with Crippen LogP contribution in [0.1, 0.15) is 47.1 Å². The quantitative estimate of drug-likeness (QED) is 0.367. The highest BCUT2D eigenvalue weighted by atomic mass is 35.5. The molecule has 0 unspecified atom stereocenters. The van der Waals surface area contributed by atoms with Gasteiger partial charge in [0.15, 0.2) is 0 Å². The highest BCUT2D eigenvalue weighted by molar-refractivity contribution is 6.14. The number of carbonyl (C=O) groups excluding carboxylic acids is 3. The van der Waals surface area contributed by atoms with Gasteiger partial charge in [0.2, 0.25) is 11.8 Å². The molecule has 0 atom stereocenters. The molecule has 3 heterocycles. The van der Waals surface area contributed by atoms with Crippen LogP contribution in [0, 0.1) is 0 Å². The van der Waals surface area contributed by atoms with Gasteiger partial charge in [-0.15, -0.1) is 12.4 Å². The van der Waals surface area contributed by atoms with Gasteiger partial charge in [0.05, 0.1) is 17.3 Å². The van der Waals surface area contributed by atoms with Gasteiger partial charge in [-0.25, -0.2) is 4.98 Å². The van der Waals surface area contributed by atoms with Crippen molar-refractivity contribution in [2.75, 3.05) is 16.8 Å². The Morgan fingerprint density at radius 1 is 1.11 bits per heavy atom. The summed E-state index contributed by atoms with van der Waals surface area (Å²) in [6, 6.07) is 14.1. The number of aromatic nitrogens is 2. The number of nitrogens with one attached hydrogen (secondary N) is 2. The lowest BCUT2D eigenvalue weighted by Gasteiger charge is -2.18. The minimum atomic E-state index is -0.733. The second-order valence-corrected chi connectivity index (χ2v) is 9.09. The number of amides is 3. The van der Waals surface area contributed by atoms with Crippen molar-refractivity contribution in [1.29, 1.82) is 0 Å². The number of benzene rings is 2. The van der Waals surface area contributed by atoms with Crippen molar-refractivity contribution in [1.82, 2.24) is 9.97 Å². The molecule has 9 heteroatoms. The fourth-order valence-electron chi connectivity index (χ4n) is 4.77. The number of aromatic amines is 1. The maximum absolute atomic E-state index is 13.4. The lowest BCUT2D eigenvalue weighted by atomic mass is 9.83. The maximum atomic E-state index is 13.4. The molecule has 0 saturated carbocycles. The standard InChI is InChI=1S/C27H25N5O3.ClH/c1-4-32-21-9-8-15(13-20(21)27(2,3)26(32)35)22-18(23(28)33)6-5-7-19(22)25(34)31-17-12-16-10-11-29-24(16)30-14-17;/h5-14H,4H2,1-3H3,(H2,28,33)(H,29,30)(H,31,34);1H. The van der Waals surface area contributed by atoms with E-state index >= 15 is 0 Å². The highest BCUT2D eigenvalue weighted by Gasteiger charge is 2.43. The number of anilines is 2. The second kappa shape index (κ2) is 9.13. The predicted molar refractivity (Wildman–Crippen MR) is 143 cm³/mol. The van der Waals surface area contributed by atoms with Crippen LogP contribution in [0.2, 0.25) is 0 Å². The molecule has 4 aromatic rings. The van der Waals surface area contributed by atoms with Crippen LogP contribution in [0.5, 0.6) is 0 Å².